The van der Waals surface area contributed by atoms with E-state index in [1.807, 2.05) is 6.92 Å². The Kier molecular flexibility index (Phi) is 6.02. The molecule has 112 valence electrons. The molecule has 0 heterocycles. The molecule has 0 bridgehead atoms. The molecule has 0 spiro atoms. The minimum absolute atomic E-state index is 0.0504. The molecule has 1 unspecified atom stereocenters. The second kappa shape index (κ2) is 7.09. The lowest BCUT2D eigenvalue weighted by molar-refractivity contribution is 0.0937. The fourth-order valence-corrected chi connectivity index (χ4v) is 2.77. The van der Waals surface area contributed by atoms with Gasteiger partial charge in [-0.1, -0.05) is 19.8 Å². The van der Waals surface area contributed by atoms with Crippen LogP contribution in [0.3, 0.4) is 0 Å². The molecule has 6 heteroatoms. The fraction of sp³-hybridized carbons (Fsp3) is 0.500. The van der Waals surface area contributed by atoms with Crippen LogP contribution in [-0.4, -0.2) is 20.4 Å². The summed E-state index contributed by atoms with van der Waals surface area (Å²) in [4.78, 5) is 12.1. The van der Waals surface area contributed by atoms with Gasteiger partial charge < -0.3 is 5.32 Å². The standard InChI is InChI=1S/C14H20ClNO3S/c1-4-5-6-11(3)16-14(17)12-7-10(2)8-13(9-12)20(15,18)19/h7-9,11H,4-6H2,1-3H3,(H,16,17). The largest absolute Gasteiger partial charge is 0.350 e. The van der Waals surface area contributed by atoms with Crippen molar-refractivity contribution in [3.05, 3.63) is 29.3 Å². The summed E-state index contributed by atoms with van der Waals surface area (Å²) >= 11 is 0. The second-order valence-corrected chi connectivity index (χ2v) is 7.56. The van der Waals surface area contributed by atoms with Crippen molar-refractivity contribution >= 4 is 25.6 Å². The number of nitrogens with one attached hydrogen (secondary N) is 1. The molecule has 1 amide bonds. The van der Waals surface area contributed by atoms with E-state index in [0.717, 1.165) is 19.3 Å². The second-order valence-electron chi connectivity index (χ2n) is 4.99. The van der Waals surface area contributed by atoms with Crippen LogP contribution in [0.4, 0.5) is 0 Å². The van der Waals surface area contributed by atoms with Crippen LogP contribution in [0.1, 0.15) is 49.0 Å². The van der Waals surface area contributed by atoms with Gasteiger partial charge in [0, 0.05) is 22.3 Å². The molecule has 0 saturated carbocycles. The summed E-state index contributed by atoms with van der Waals surface area (Å²) in [6, 6.07) is 4.45. The molecule has 0 radical (unpaired) electrons. The Morgan fingerprint density at radius 3 is 2.55 bits per heavy atom. The quantitative estimate of drug-likeness (QED) is 0.819. The molecule has 0 aliphatic carbocycles. The van der Waals surface area contributed by atoms with Crippen molar-refractivity contribution in [1.29, 1.82) is 0 Å². The number of amides is 1. The van der Waals surface area contributed by atoms with Crippen molar-refractivity contribution in [3.8, 4) is 0 Å². The van der Waals surface area contributed by atoms with Gasteiger partial charge in [0.1, 0.15) is 0 Å². The highest BCUT2D eigenvalue weighted by Crippen LogP contribution is 2.19. The Bertz CT molecular complexity index is 584. The van der Waals surface area contributed by atoms with Crippen LogP contribution < -0.4 is 5.32 Å². The number of unbranched alkanes of at least 4 members (excludes halogenated alkanes) is 1. The maximum absolute atomic E-state index is 12.1. The van der Waals surface area contributed by atoms with E-state index in [0.29, 0.717) is 11.1 Å². The zero-order valence-corrected chi connectivity index (χ0v) is 13.5. The summed E-state index contributed by atoms with van der Waals surface area (Å²) in [5, 5.41) is 2.86. The first-order valence-electron chi connectivity index (χ1n) is 6.61. The zero-order valence-electron chi connectivity index (χ0n) is 11.9. The molecule has 0 saturated heterocycles. The van der Waals surface area contributed by atoms with E-state index in [-0.39, 0.29) is 16.8 Å². The third-order valence-corrected chi connectivity index (χ3v) is 4.30. The topological polar surface area (TPSA) is 63.2 Å². The molecule has 0 aromatic heterocycles. The van der Waals surface area contributed by atoms with Crippen molar-refractivity contribution in [2.45, 2.75) is 51.0 Å². The summed E-state index contributed by atoms with van der Waals surface area (Å²) in [5.74, 6) is -0.279. The number of halogens is 1. The molecule has 0 aliphatic heterocycles. The van der Waals surface area contributed by atoms with E-state index in [4.69, 9.17) is 10.7 Å². The summed E-state index contributed by atoms with van der Waals surface area (Å²) in [6.07, 6.45) is 3.00. The van der Waals surface area contributed by atoms with Crippen LogP contribution in [0, 0.1) is 6.92 Å². The monoisotopic (exact) mass is 317 g/mol. The van der Waals surface area contributed by atoms with Gasteiger partial charge in [-0.2, -0.15) is 0 Å². The van der Waals surface area contributed by atoms with E-state index < -0.39 is 9.05 Å². The Morgan fingerprint density at radius 2 is 2.00 bits per heavy atom. The number of carbonyl (C=O) groups excluding carboxylic acids is 1. The van der Waals surface area contributed by atoms with Crippen LogP contribution in [-0.2, 0) is 9.05 Å². The molecule has 20 heavy (non-hydrogen) atoms. The number of hydrogen-bond acceptors (Lipinski definition) is 3. The average molecular weight is 318 g/mol. The summed E-state index contributed by atoms with van der Waals surface area (Å²) in [7, 11) is 1.49. The van der Waals surface area contributed by atoms with Gasteiger partial charge >= 0.3 is 0 Å². The zero-order chi connectivity index (χ0) is 15.3. The van der Waals surface area contributed by atoms with Gasteiger partial charge in [-0.3, -0.25) is 4.79 Å². The number of aryl methyl sites for hydroxylation is 1. The fourth-order valence-electron chi connectivity index (χ4n) is 1.91. The molecule has 1 rings (SSSR count). The molecule has 1 N–H and O–H groups in total. The third-order valence-electron chi connectivity index (χ3n) is 2.96. The van der Waals surface area contributed by atoms with Crippen LogP contribution in [0.5, 0.6) is 0 Å². The van der Waals surface area contributed by atoms with Gasteiger partial charge in [0.05, 0.1) is 4.90 Å². The maximum atomic E-state index is 12.1. The maximum Gasteiger partial charge on any atom is 0.261 e. The number of benzene rings is 1. The Hall–Kier alpha value is -1.07. The average Bonchev–Trinajstić information content (AvgIpc) is 2.34. The molecule has 1 atom stereocenters. The Balaban J connectivity index is 2.91. The SMILES string of the molecule is CCCCC(C)NC(=O)c1cc(C)cc(S(=O)(=O)Cl)c1. The lowest BCUT2D eigenvalue weighted by Gasteiger charge is -2.14. The van der Waals surface area contributed by atoms with Gasteiger partial charge in [-0.15, -0.1) is 0 Å². The van der Waals surface area contributed by atoms with E-state index in [9.17, 15) is 13.2 Å². The van der Waals surface area contributed by atoms with Gasteiger partial charge in [0.2, 0.25) is 0 Å². The first-order chi connectivity index (χ1) is 9.24. The van der Waals surface area contributed by atoms with Crippen molar-refractivity contribution in [2.75, 3.05) is 0 Å². The number of rotatable bonds is 6. The van der Waals surface area contributed by atoms with Crippen molar-refractivity contribution in [3.63, 3.8) is 0 Å². The molecule has 0 fully saturated rings. The van der Waals surface area contributed by atoms with Crippen LogP contribution in [0.15, 0.2) is 23.1 Å². The van der Waals surface area contributed by atoms with Crippen molar-refractivity contribution in [1.82, 2.24) is 5.32 Å². The van der Waals surface area contributed by atoms with Gasteiger partial charge in [-0.05, 0) is 44.0 Å². The molecular formula is C14H20ClNO3S. The first kappa shape index (κ1) is 17.0. The molecular weight excluding hydrogens is 298 g/mol. The van der Waals surface area contributed by atoms with Crippen LogP contribution in [0.25, 0.3) is 0 Å². The highest BCUT2D eigenvalue weighted by molar-refractivity contribution is 8.13. The summed E-state index contributed by atoms with van der Waals surface area (Å²) < 4.78 is 22.7. The molecule has 0 aliphatic rings. The smallest absolute Gasteiger partial charge is 0.261 e. The predicted octanol–water partition coefficient (Wildman–Crippen LogP) is 3.23. The Labute approximate surface area is 124 Å². The summed E-state index contributed by atoms with van der Waals surface area (Å²) in [5.41, 5.74) is 0.991. The highest BCUT2D eigenvalue weighted by atomic mass is 35.7. The van der Waals surface area contributed by atoms with Gasteiger partial charge in [0.25, 0.3) is 15.0 Å². The van der Waals surface area contributed by atoms with Crippen LogP contribution in [0.2, 0.25) is 0 Å². The van der Waals surface area contributed by atoms with E-state index >= 15 is 0 Å². The van der Waals surface area contributed by atoms with E-state index in [2.05, 4.69) is 12.2 Å². The van der Waals surface area contributed by atoms with Crippen LogP contribution >= 0.6 is 10.7 Å². The highest BCUT2D eigenvalue weighted by Gasteiger charge is 2.16. The normalized spacial score (nSPS) is 13.0. The first-order valence-corrected chi connectivity index (χ1v) is 8.92. The van der Waals surface area contributed by atoms with Crippen molar-refractivity contribution in [2.24, 2.45) is 0 Å². The van der Waals surface area contributed by atoms with E-state index in [1.165, 1.54) is 12.1 Å². The lowest BCUT2D eigenvalue weighted by Crippen LogP contribution is -2.32. The van der Waals surface area contributed by atoms with E-state index in [1.54, 1.807) is 13.0 Å². The number of hydrogen-bond donors (Lipinski definition) is 1. The molecule has 1 aromatic carbocycles. The molecule has 4 nitrogen and oxygen atoms in total. The van der Waals surface area contributed by atoms with Gasteiger partial charge in [-0.25, -0.2) is 8.42 Å². The van der Waals surface area contributed by atoms with Gasteiger partial charge in [0.15, 0.2) is 0 Å². The third kappa shape index (κ3) is 5.13. The summed E-state index contributed by atoms with van der Waals surface area (Å²) in [6.45, 7) is 5.75. The van der Waals surface area contributed by atoms with Crippen molar-refractivity contribution < 1.29 is 13.2 Å². The minimum atomic E-state index is -3.83. The minimum Gasteiger partial charge on any atom is -0.350 e. The Morgan fingerprint density at radius 1 is 1.35 bits per heavy atom. The lowest BCUT2D eigenvalue weighted by atomic mass is 10.1. The number of carbonyl (C=O) groups is 1. The predicted molar refractivity (Wildman–Crippen MR) is 80.7 cm³/mol. The molecule has 1 aromatic rings.